The van der Waals surface area contributed by atoms with Crippen LogP contribution in [0.1, 0.15) is 63.9 Å². The van der Waals surface area contributed by atoms with E-state index >= 15 is 0 Å². The van der Waals surface area contributed by atoms with Crippen LogP contribution in [0.4, 0.5) is 0 Å². The molecule has 0 heterocycles. The normalized spacial score (nSPS) is 13.0. The lowest BCUT2D eigenvalue weighted by Crippen LogP contribution is -2.38. The lowest BCUT2D eigenvalue weighted by molar-refractivity contribution is 0.152. The molecule has 1 atom stereocenters. The van der Waals surface area contributed by atoms with Crippen molar-refractivity contribution in [3.63, 3.8) is 0 Å². The van der Waals surface area contributed by atoms with Crippen LogP contribution in [0.2, 0.25) is 0 Å². The molecule has 1 N–H and O–H groups in total. The van der Waals surface area contributed by atoms with E-state index in [2.05, 4.69) is 12.1 Å². The number of nitrogens with zero attached hydrogens (tertiary/aromatic N) is 2. The van der Waals surface area contributed by atoms with Gasteiger partial charge in [-0.25, -0.2) is 8.42 Å². The number of sulfonamides is 1. The Balaban J connectivity index is 2.51. The van der Waals surface area contributed by atoms with Gasteiger partial charge in [-0.15, -0.1) is 4.91 Å². The third kappa shape index (κ3) is 9.40. The molecule has 1 aromatic rings. The number of aliphatic hydroxyl groups is 1. The van der Waals surface area contributed by atoms with Crippen LogP contribution in [0.3, 0.4) is 0 Å². The second-order valence-electron chi connectivity index (χ2n) is 6.66. The zero-order chi connectivity index (χ0) is 19.3. The molecule has 0 fully saturated rings. The van der Waals surface area contributed by atoms with Crippen LogP contribution in [0.5, 0.6) is 0 Å². The molecule has 26 heavy (non-hydrogen) atoms. The molecule has 0 radical (unpaired) electrons. The number of unbranched alkanes of at least 4 members (excludes halogenated alkanes) is 7. The highest BCUT2D eigenvalue weighted by molar-refractivity contribution is 7.88. The molecule has 0 aliphatic carbocycles. The lowest BCUT2D eigenvalue weighted by atomic mass is 10.1. The Morgan fingerprint density at radius 3 is 2.15 bits per heavy atom. The number of hydrogen-bond acceptors (Lipinski definition) is 5. The Labute approximate surface area is 157 Å². The highest BCUT2D eigenvalue weighted by atomic mass is 32.2. The van der Waals surface area contributed by atoms with Gasteiger partial charge in [0.2, 0.25) is 16.3 Å². The zero-order valence-electron chi connectivity index (χ0n) is 15.7. The van der Waals surface area contributed by atoms with Crippen LogP contribution in [0, 0.1) is 4.91 Å². The third-order valence-corrected chi connectivity index (χ3v) is 6.15. The average molecular weight is 385 g/mol. The fraction of sp³-hybridized carbons (Fsp3) is 0.684. The maximum absolute atomic E-state index is 12.7. The van der Waals surface area contributed by atoms with Crippen molar-refractivity contribution in [3.8, 4) is 0 Å². The molecular weight excluding hydrogens is 352 g/mol. The average Bonchev–Trinajstić information content (AvgIpc) is 2.63. The van der Waals surface area contributed by atoms with E-state index in [1.807, 2.05) is 6.07 Å². The molecule has 6 nitrogen and oxygen atoms in total. The summed E-state index contributed by atoms with van der Waals surface area (Å²) in [5.41, 5.74) is 0.682. The maximum Gasteiger partial charge on any atom is 0.218 e. The van der Waals surface area contributed by atoms with E-state index in [9.17, 15) is 18.4 Å². The molecule has 0 saturated heterocycles. The Morgan fingerprint density at radius 2 is 1.58 bits per heavy atom. The first-order valence-electron chi connectivity index (χ1n) is 9.52. The van der Waals surface area contributed by atoms with E-state index in [4.69, 9.17) is 0 Å². The summed E-state index contributed by atoms with van der Waals surface area (Å²) in [6.45, 7) is 2.21. The van der Waals surface area contributed by atoms with Crippen molar-refractivity contribution < 1.29 is 13.5 Å². The number of aliphatic hydroxyl groups excluding tert-OH is 1. The van der Waals surface area contributed by atoms with E-state index in [0.29, 0.717) is 18.5 Å². The predicted octanol–water partition coefficient (Wildman–Crippen LogP) is 4.04. The largest absolute Gasteiger partial charge is 0.368 e. The number of benzene rings is 1. The van der Waals surface area contributed by atoms with Gasteiger partial charge in [-0.05, 0) is 17.2 Å². The first-order valence-corrected chi connectivity index (χ1v) is 11.1. The minimum absolute atomic E-state index is 0.142. The molecule has 0 bridgehead atoms. The molecule has 0 amide bonds. The highest BCUT2D eigenvalue weighted by Crippen LogP contribution is 2.14. The minimum atomic E-state index is -3.61. The monoisotopic (exact) mass is 384 g/mol. The van der Waals surface area contributed by atoms with Crippen LogP contribution in [-0.2, 0) is 15.8 Å². The smallest absolute Gasteiger partial charge is 0.218 e. The summed E-state index contributed by atoms with van der Waals surface area (Å²) in [5.74, 6) is -0.142. The van der Waals surface area contributed by atoms with Gasteiger partial charge in [0.1, 0.15) is 0 Å². The van der Waals surface area contributed by atoms with Crippen molar-refractivity contribution in [2.45, 2.75) is 70.3 Å². The van der Waals surface area contributed by atoms with Gasteiger partial charge < -0.3 is 5.11 Å². The van der Waals surface area contributed by atoms with Crippen molar-refractivity contribution >= 4 is 10.0 Å². The summed E-state index contributed by atoms with van der Waals surface area (Å²) in [7, 11) is -3.61. The molecule has 148 valence electrons. The van der Waals surface area contributed by atoms with Crippen molar-refractivity contribution in [3.05, 3.63) is 40.8 Å². The quantitative estimate of drug-likeness (QED) is 0.365. The zero-order valence-corrected chi connectivity index (χ0v) is 16.5. The topological polar surface area (TPSA) is 87.0 Å². The van der Waals surface area contributed by atoms with Crippen molar-refractivity contribution in [1.29, 1.82) is 0 Å². The Kier molecular flexibility index (Phi) is 11.3. The second-order valence-corrected chi connectivity index (χ2v) is 8.63. The summed E-state index contributed by atoms with van der Waals surface area (Å²) in [5, 5.41) is 12.0. The van der Waals surface area contributed by atoms with Gasteiger partial charge in [0.25, 0.3) is 0 Å². The summed E-state index contributed by atoms with van der Waals surface area (Å²) >= 11 is 0. The van der Waals surface area contributed by atoms with Crippen molar-refractivity contribution in [2.24, 2.45) is 5.18 Å². The number of hydrogen-bond donors (Lipinski definition) is 1. The van der Waals surface area contributed by atoms with Crippen molar-refractivity contribution in [1.82, 2.24) is 4.31 Å². The van der Waals surface area contributed by atoms with Gasteiger partial charge in [0, 0.05) is 6.54 Å². The first kappa shape index (κ1) is 22.7. The molecule has 1 unspecified atom stereocenters. The summed E-state index contributed by atoms with van der Waals surface area (Å²) in [6.07, 6.45) is 7.32. The second kappa shape index (κ2) is 12.9. The molecule has 7 heteroatoms. The maximum atomic E-state index is 12.7. The van der Waals surface area contributed by atoms with Crippen molar-refractivity contribution in [2.75, 3.05) is 13.1 Å². The van der Waals surface area contributed by atoms with E-state index in [1.54, 1.807) is 24.3 Å². The molecule has 1 rings (SSSR count). The molecule has 0 aliphatic heterocycles. The summed E-state index contributed by atoms with van der Waals surface area (Å²) < 4.78 is 26.5. The standard InChI is InChI=1S/C19H32N2O4S/c1-2-3-4-5-6-7-8-12-15-21(16-19(22)20-23)26(24,25)17-18-13-10-9-11-14-18/h9-11,13-14,19,22H,2-8,12,15-17H2,1H3. The molecule has 0 saturated carbocycles. The molecule has 1 aromatic carbocycles. The fourth-order valence-corrected chi connectivity index (χ4v) is 4.42. The SMILES string of the molecule is CCCCCCCCCCN(CC(O)N=O)S(=O)(=O)Cc1ccccc1. The van der Waals surface area contributed by atoms with E-state index in [1.165, 1.54) is 30.0 Å². The van der Waals surface area contributed by atoms with Gasteiger partial charge in [-0.1, -0.05) is 82.2 Å². The van der Waals surface area contributed by atoms with E-state index in [-0.39, 0.29) is 12.3 Å². The molecule has 0 aliphatic rings. The summed E-state index contributed by atoms with van der Waals surface area (Å²) in [6, 6.07) is 8.90. The van der Waals surface area contributed by atoms with Gasteiger partial charge in [0.15, 0.2) is 0 Å². The van der Waals surface area contributed by atoms with Crippen LogP contribution in [0.25, 0.3) is 0 Å². The molecular formula is C19H32N2O4S. The Hall–Kier alpha value is -1.31. The van der Waals surface area contributed by atoms with Crippen LogP contribution >= 0.6 is 0 Å². The van der Waals surface area contributed by atoms with Gasteiger partial charge >= 0.3 is 0 Å². The highest BCUT2D eigenvalue weighted by Gasteiger charge is 2.25. The Morgan fingerprint density at radius 1 is 1.00 bits per heavy atom. The predicted molar refractivity (Wildman–Crippen MR) is 105 cm³/mol. The van der Waals surface area contributed by atoms with Crippen LogP contribution < -0.4 is 0 Å². The number of rotatable bonds is 15. The van der Waals surface area contributed by atoms with Crippen LogP contribution in [0.15, 0.2) is 35.5 Å². The fourth-order valence-electron chi connectivity index (χ4n) is 2.86. The van der Waals surface area contributed by atoms with Crippen LogP contribution in [-0.4, -0.2) is 37.1 Å². The Bertz CT molecular complexity index is 593. The molecule has 0 spiro atoms. The first-order chi connectivity index (χ1) is 12.5. The van der Waals surface area contributed by atoms with E-state index < -0.39 is 16.3 Å². The van der Waals surface area contributed by atoms with Gasteiger partial charge in [-0.2, -0.15) is 4.31 Å². The van der Waals surface area contributed by atoms with E-state index in [0.717, 1.165) is 19.3 Å². The summed E-state index contributed by atoms with van der Waals surface area (Å²) in [4.78, 5) is 10.5. The van der Waals surface area contributed by atoms with Gasteiger partial charge in [-0.3, -0.25) is 0 Å². The minimum Gasteiger partial charge on any atom is -0.368 e. The third-order valence-electron chi connectivity index (χ3n) is 4.33. The molecule has 0 aromatic heterocycles. The number of nitroso groups, excluding NO2 is 1. The van der Waals surface area contributed by atoms with Gasteiger partial charge in [0.05, 0.1) is 12.3 Å². The lowest BCUT2D eigenvalue weighted by Gasteiger charge is -2.22.